The Morgan fingerprint density at radius 3 is 3.00 bits per heavy atom. The average Bonchev–Trinajstić information content (AvgIpc) is 2.87. The van der Waals surface area contributed by atoms with E-state index in [1.807, 2.05) is 6.07 Å². The molecule has 0 amide bonds. The van der Waals surface area contributed by atoms with E-state index >= 15 is 0 Å². The molecule has 1 aromatic rings. The van der Waals surface area contributed by atoms with Crippen molar-refractivity contribution in [2.75, 3.05) is 0 Å². The molecular weight excluding hydrogens is 178 g/mol. The Morgan fingerprint density at radius 1 is 1.57 bits per heavy atom. The van der Waals surface area contributed by atoms with Gasteiger partial charge in [-0.3, -0.25) is 9.94 Å². The lowest BCUT2D eigenvalue weighted by Gasteiger charge is -2.16. The van der Waals surface area contributed by atoms with Crippen LogP contribution in [-0.2, 0) is 4.84 Å². The predicted molar refractivity (Wildman–Crippen MR) is 53.5 cm³/mol. The van der Waals surface area contributed by atoms with Gasteiger partial charge in [-0.05, 0) is 25.8 Å². The van der Waals surface area contributed by atoms with Crippen LogP contribution < -0.4 is 5.48 Å². The van der Waals surface area contributed by atoms with Gasteiger partial charge in [0.25, 0.3) is 0 Å². The van der Waals surface area contributed by atoms with E-state index in [1.165, 1.54) is 25.7 Å². The van der Waals surface area contributed by atoms with E-state index in [-0.39, 0.29) is 6.04 Å². The Hall–Kier alpha value is -0.870. The summed E-state index contributed by atoms with van der Waals surface area (Å²) < 4.78 is 0. The van der Waals surface area contributed by atoms with E-state index in [0.29, 0.717) is 6.10 Å². The lowest BCUT2D eigenvalue weighted by molar-refractivity contribution is -0.0383. The smallest absolute Gasteiger partial charge is 0.0790 e. The molecule has 0 bridgehead atoms. The number of hydroxylamine groups is 1. The minimum absolute atomic E-state index is 0.179. The van der Waals surface area contributed by atoms with Crippen LogP contribution in [0.25, 0.3) is 0 Å². The van der Waals surface area contributed by atoms with E-state index < -0.39 is 0 Å². The first-order chi connectivity index (χ1) is 6.86. The SMILES string of the molecule is CC(NOC1CCCC1)c1ccn[nH]1. The summed E-state index contributed by atoms with van der Waals surface area (Å²) in [7, 11) is 0. The standard InChI is InChI=1S/C10H17N3O/c1-8(10-6-7-11-12-10)13-14-9-4-2-3-5-9/h6-9,13H,2-5H2,1H3,(H,11,12). The number of nitrogens with one attached hydrogen (secondary N) is 2. The van der Waals surface area contributed by atoms with Crippen LogP contribution in [0.1, 0.15) is 44.3 Å². The Balaban J connectivity index is 1.74. The van der Waals surface area contributed by atoms with Crippen molar-refractivity contribution in [2.24, 2.45) is 0 Å². The highest BCUT2D eigenvalue weighted by molar-refractivity contribution is 5.01. The van der Waals surface area contributed by atoms with Crippen LogP contribution in [0.4, 0.5) is 0 Å². The minimum Gasteiger partial charge on any atom is -0.298 e. The molecule has 4 heteroatoms. The zero-order chi connectivity index (χ0) is 9.80. The Bertz CT molecular complexity index is 254. The molecule has 2 rings (SSSR count). The number of hydrogen-bond donors (Lipinski definition) is 2. The summed E-state index contributed by atoms with van der Waals surface area (Å²) in [6, 6.07) is 2.13. The molecule has 78 valence electrons. The van der Waals surface area contributed by atoms with Gasteiger partial charge in [0.1, 0.15) is 0 Å². The average molecular weight is 195 g/mol. The Morgan fingerprint density at radius 2 is 2.36 bits per heavy atom. The number of hydrogen-bond acceptors (Lipinski definition) is 3. The van der Waals surface area contributed by atoms with Gasteiger partial charge in [0, 0.05) is 6.20 Å². The first-order valence-corrected chi connectivity index (χ1v) is 5.26. The van der Waals surface area contributed by atoms with Crippen molar-refractivity contribution in [3.8, 4) is 0 Å². The van der Waals surface area contributed by atoms with Gasteiger partial charge in [0.2, 0.25) is 0 Å². The normalized spacial score (nSPS) is 20.1. The second-order valence-corrected chi connectivity index (χ2v) is 3.88. The highest BCUT2D eigenvalue weighted by Crippen LogP contribution is 2.20. The van der Waals surface area contributed by atoms with Gasteiger partial charge < -0.3 is 0 Å². The second-order valence-electron chi connectivity index (χ2n) is 3.88. The van der Waals surface area contributed by atoms with Crippen LogP contribution in [0.15, 0.2) is 12.3 Å². The first kappa shape index (κ1) is 9.68. The fourth-order valence-corrected chi connectivity index (χ4v) is 1.78. The predicted octanol–water partition coefficient (Wildman–Crippen LogP) is 1.93. The molecule has 0 aromatic carbocycles. The summed E-state index contributed by atoms with van der Waals surface area (Å²) in [4.78, 5) is 5.59. The van der Waals surface area contributed by atoms with Crippen molar-refractivity contribution >= 4 is 0 Å². The molecule has 0 spiro atoms. The fraction of sp³-hybridized carbons (Fsp3) is 0.700. The third-order valence-electron chi connectivity index (χ3n) is 2.70. The zero-order valence-electron chi connectivity index (χ0n) is 8.49. The highest BCUT2D eigenvalue weighted by Gasteiger charge is 2.17. The molecule has 1 fully saturated rings. The maximum Gasteiger partial charge on any atom is 0.0790 e. The molecule has 14 heavy (non-hydrogen) atoms. The topological polar surface area (TPSA) is 49.9 Å². The molecule has 1 atom stereocenters. The van der Waals surface area contributed by atoms with E-state index in [2.05, 4.69) is 22.6 Å². The summed E-state index contributed by atoms with van der Waals surface area (Å²) in [5, 5.41) is 6.82. The minimum atomic E-state index is 0.179. The van der Waals surface area contributed by atoms with E-state index in [4.69, 9.17) is 4.84 Å². The lowest BCUT2D eigenvalue weighted by atomic mass is 10.2. The van der Waals surface area contributed by atoms with E-state index in [9.17, 15) is 0 Å². The van der Waals surface area contributed by atoms with Crippen LogP contribution in [0.5, 0.6) is 0 Å². The van der Waals surface area contributed by atoms with Gasteiger partial charge in [-0.25, -0.2) is 0 Å². The number of aromatic nitrogens is 2. The van der Waals surface area contributed by atoms with Crippen molar-refractivity contribution in [1.82, 2.24) is 15.7 Å². The van der Waals surface area contributed by atoms with Crippen molar-refractivity contribution in [3.63, 3.8) is 0 Å². The number of nitrogens with zero attached hydrogens (tertiary/aromatic N) is 1. The molecule has 1 aromatic heterocycles. The maximum atomic E-state index is 5.59. The van der Waals surface area contributed by atoms with Gasteiger partial charge in [-0.2, -0.15) is 10.6 Å². The van der Waals surface area contributed by atoms with Crippen molar-refractivity contribution in [2.45, 2.75) is 44.8 Å². The summed E-state index contributed by atoms with van der Waals surface area (Å²) in [6.45, 7) is 2.06. The van der Waals surface area contributed by atoms with Gasteiger partial charge >= 0.3 is 0 Å². The highest BCUT2D eigenvalue weighted by atomic mass is 16.7. The molecule has 1 unspecified atom stereocenters. The molecule has 4 nitrogen and oxygen atoms in total. The van der Waals surface area contributed by atoms with Crippen LogP contribution in [0, 0.1) is 0 Å². The lowest BCUT2D eigenvalue weighted by Crippen LogP contribution is -2.24. The molecule has 0 saturated heterocycles. The van der Waals surface area contributed by atoms with Crippen molar-refractivity contribution < 1.29 is 4.84 Å². The zero-order valence-corrected chi connectivity index (χ0v) is 8.49. The van der Waals surface area contributed by atoms with Crippen LogP contribution in [0.3, 0.4) is 0 Å². The molecule has 1 saturated carbocycles. The summed E-state index contributed by atoms with van der Waals surface area (Å²) >= 11 is 0. The maximum absolute atomic E-state index is 5.59. The van der Waals surface area contributed by atoms with Crippen LogP contribution >= 0.6 is 0 Å². The number of H-pyrrole nitrogens is 1. The molecular formula is C10H17N3O. The van der Waals surface area contributed by atoms with E-state index in [0.717, 1.165) is 5.69 Å². The largest absolute Gasteiger partial charge is 0.298 e. The van der Waals surface area contributed by atoms with Gasteiger partial charge in [0.15, 0.2) is 0 Å². The molecule has 0 aliphatic heterocycles. The van der Waals surface area contributed by atoms with E-state index in [1.54, 1.807) is 6.20 Å². The summed E-state index contributed by atoms with van der Waals surface area (Å²) in [5.74, 6) is 0. The third-order valence-corrected chi connectivity index (χ3v) is 2.70. The molecule has 0 radical (unpaired) electrons. The third kappa shape index (κ3) is 2.33. The fourth-order valence-electron chi connectivity index (χ4n) is 1.78. The van der Waals surface area contributed by atoms with Crippen LogP contribution in [0.2, 0.25) is 0 Å². The van der Waals surface area contributed by atoms with Crippen molar-refractivity contribution in [1.29, 1.82) is 0 Å². The summed E-state index contributed by atoms with van der Waals surface area (Å²) in [6.07, 6.45) is 7.12. The Kier molecular flexibility index (Phi) is 3.16. The number of rotatable bonds is 4. The molecule has 1 aliphatic rings. The Labute approximate surface area is 84.0 Å². The molecule has 1 aliphatic carbocycles. The van der Waals surface area contributed by atoms with Gasteiger partial charge in [-0.15, -0.1) is 0 Å². The van der Waals surface area contributed by atoms with Crippen LogP contribution in [-0.4, -0.2) is 16.3 Å². The summed E-state index contributed by atoms with van der Waals surface area (Å²) in [5.41, 5.74) is 4.11. The van der Waals surface area contributed by atoms with Crippen molar-refractivity contribution in [3.05, 3.63) is 18.0 Å². The number of aromatic amines is 1. The first-order valence-electron chi connectivity index (χ1n) is 5.26. The monoisotopic (exact) mass is 195 g/mol. The molecule has 1 heterocycles. The second kappa shape index (κ2) is 4.57. The van der Waals surface area contributed by atoms with Gasteiger partial charge in [0.05, 0.1) is 17.8 Å². The van der Waals surface area contributed by atoms with Gasteiger partial charge in [-0.1, -0.05) is 12.8 Å². The quantitative estimate of drug-likeness (QED) is 0.722. The molecule has 2 N–H and O–H groups in total.